The normalized spacial score (nSPS) is 14.8. The number of aryl methyl sites for hydroxylation is 1. The van der Waals surface area contributed by atoms with Crippen LogP contribution in [0.1, 0.15) is 30.5 Å². The van der Waals surface area contributed by atoms with Gasteiger partial charge >= 0.3 is 0 Å². The third-order valence-corrected chi connectivity index (χ3v) is 7.76. The fourth-order valence-electron chi connectivity index (χ4n) is 4.76. The smallest absolute Gasteiger partial charge is 0.0698 e. The lowest BCUT2D eigenvalue weighted by Gasteiger charge is -2.23. The molecule has 1 atom stereocenters. The summed E-state index contributed by atoms with van der Waals surface area (Å²) >= 11 is 0. The minimum atomic E-state index is 0.00749. The average molecular weight is 645 g/mol. The summed E-state index contributed by atoms with van der Waals surface area (Å²) in [4.78, 5) is 0. The van der Waals surface area contributed by atoms with Gasteiger partial charge in [-0.3, -0.25) is 0 Å². The van der Waals surface area contributed by atoms with Gasteiger partial charge in [0.2, 0.25) is 0 Å². The van der Waals surface area contributed by atoms with Gasteiger partial charge in [0, 0.05) is 23.3 Å². The van der Waals surface area contributed by atoms with Gasteiger partial charge in [0.25, 0.3) is 0 Å². The Morgan fingerprint density at radius 1 is 0.837 bits per heavy atom. The SMILES string of the molecule is C=C(/C=C\C(=C/C)C1C=CC=C(C(=C)/C=C\C=N)N1)C(=C)/C=C\c1cc(-c2ccc(/C(N)=C/C=C\C)cc2)ccc1C.Nc1ccccc1. The molecule has 1 unspecified atom stereocenters. The number of hydrogen-bond donors (Lipinski definition) is 4. The predicted molar refractivity (Wildman–Crippen MR) is 216 cm³/mol. The molecular weight excluding hydrogens is 597 g/mol. The molecule has 3 aromatic rings. The van der Waals surface area contributed by atoms with Crippen molar-refractivity contribution in [2.24, 2.45) is 5.73 Å². The molecule has 0 radical (unpaired) electrons. The van der Waals surface area contributed by atoms with E-state index >= 15 is 0 Å². The molecule has 49 heavy (non-hydrogen) atoms. The zero-order chi connectivity index (χ0) is 35.6. The second-order valence-corrected chi connectivity index (χ2v) is 11.4. The van der Waals surface area contributed by atoms with Gasteiger partial charge in [0.05, 0.1) is 6.04 Å². The Hall–Kier alpha value is -6.13. The lowest BCUT2D eigenvalue weighted by molar-refractivity contribution is 0.763. The summed E-state index contributed by atoms with van der Waals surface area (Å²) in [5, 5.41) is 10.7. The van der Waals surface area contributed by atoms with Crippen molar-refractivity contribution in [3.63, 3.8) is 0 Å². The van der Waals surface area contributed by atoms with E-state index in [4.69, 9.17) is 16.9 Å². The van der Waals surface area contributed by atoms with Crippen LogP contribution in [-0.2, 0) is 0 Å². The molecule has 248 valence electrons. The van der Waals surface area contributed by atoms with Crippen LogP contribution in [0.2, 0.25) is 0 Å². The van der Waals surface area contributed by atoms with Crippen molar-refractivity contribution in [2.45, 2.75) is 26.8 Å². The van der Waals surface area contributed by atoms with E-state index in [9.17, 15) is 0 Å². The molecule has 1 aliphatic heterocycles. The highest BCUT2D eigenvalue weighted by Crippen LogP contribution is 2.26. The maximum absolute atomic E-state index is 7.19. The third kappa shape index (κ3) is 11.9. The molecule has 0 fully saturated rings. The second kappa shape index (κ2) is 19.5. The van der Waals surface area contributed by atoms with Crippen molar-refractivity contribution >= 4 is 23.7 Å². The highest BCUT2D eigenvalue weighted by molar-refractivity contribution is 5.73. The lowest BCUT2D eigenvalue weighted by Crippen LogP contribution is -2.30. The van der Waals surface area contributed by atoms with E-state index in [1.165, 1.54) is 11.8 Å². The van der Waals surface area contributed by atoms with Crippen molar-refractivity contribution in [3.05, 3.63) is 210 Å². The van der Waals surface area contributed by atoms with Gasteiger partial charge in [0.1, 0.15) is 0 Å². The van der Waals surface area contributed by atoms with E-state index in [2.05, 4.69) is 98.7 Å². The standard InChI is InChI=1S/C39H41N3.C6H7N/c1-7-9-13-37(41)34-24-22-33(23-25-34)36-21-18-30(5)35(27-36)20-17-29(4)28(3)16-19-32(8-2)39-15-10-14-38(42-39)31(6)12-11-26-40;7-6-4-2-1-3-5-6/h7-27,39-40,42H,3-4,6,41H2,1-2,5H3;1-5H,7H2/b9-7-,12-11-,19-16-,20-17-,32-8+,37-13-,40-26?;. The molecule has 0 aliphatic carbocycles. The number of allylic oxidation sites excluding steroid dienone is 12. The molecule has 4 heteroatoms. The molecule has 1 heterocycles. The van der Waals surface area contributed by atoms with Crippen molar-refractivity contribution in [3.8, 4) is 11.1 Å². The summed E-state index contributed by atoms with van der Waals surface area (Å²) in [7, 11) is 0. The molecule has 4 rings (SSSR count). The zero-order valence-corrected chi connectivity index (χ0v) is 28.9. The Labute approximate surface area is 293 Å². The van der Waals surface area contributed by atoms with Crippen molar-refractivity contribution < 1.29 is 0 Å². The molecule has 0 amide bonds. The van der Waals surface area contributed by atoms with Crippen LogP contribution < -0.4 is 16.8 Å². The quantitative estimate of drug-likeness (QED) is 0.0899. The van der Waals surface area contributed by atoms with Gasteiger partial charge in [-0.15, -0.1) is 0 Å². The van der Waals surface area contributed by atoms with E-state index in [-0.39, 0.29) is 6.04 Å². The van der Waals surface area contributed by atoms with Gasteiger partial charge < -0.3 is 22.2 Å². The van der Waals surface area contributed by atoms with Crippen LogP contribution in [0.25, 0.3) is 22.9 Å². The number of anilines is 1. The van der Waals surface area contributed by atoms with E-state index in [1.807, 2.05) is 92.8 Å². The van der Waals surface area contributed by atoms with Crippen LogP contribution in [0.5, 0.6) is 0 Å². The molecule has 0 spiro atoms. The number of nitrogen functional groups attached to an aromatic ring is 1. The van der Waals surface area contributed by atoms with Crippen LogP contribution in [0.4, 0.5) is 5.69 Å². The van der Waals surface area contributed by atoms with E-state index in [1.54, 1.807) is 6.08 Å². The van der Waals surface area contributed by atoms with Crippen molar-refractivity contribution in [2.75, 3.05) is 5.73 Å². The molecule has 0 aromatic heterocycles. The van der Waals surface area contributed by atoms with Crippen molar-refractivity contribution in [1.82, 2.24) is 5.32 Å². The first-order valence-electron chi connectivity index (χ1n) is 16.2. The zero-order valence-electron chi connectivity index (χ0n) is 28.9. The Bertz CT molecular complexity index is 1870. The Morgan fingerprint density at radius 2 is 1.53 bits per heavy atom. The molecule has 0 bridgehead atoms. The minimum absolute atomic E-state index is 0.00749. The number of benzene rings is 3. The predicted octanol–water partition coefficient (Wildman–Crippen LogP) is 10.6. The largest absolute Gasteiger partial charge is 0.399 e. The summed E-state index contributed by atoms with van der Waals surface area (Å²) in [6, 6.07) is 24.3. The molecule has 0 saturated heterocycles. The first kappa shape index (κ1) is 37.3. The van der Waals surface area contributed by atoms with E-state index < -0.39 is 0 Å². The van der Waals surface area contributed by atoms with Crippen LogP contribution in [0.15, 0.2) is 193 Å². The number of nitrogens with one attached hydrogen (secondary N) is 2. The highest BCUT2D eigenvalue weighted by atomic mass is 14.9. The monoisotopic (exact) mass is 644 g/mol. The number of para-hydroxylation sites is 1. The number of hydrogen-bond acceptors (Lipinski definition) is 4. The van der Waals surface area contributed by atoms with Gasteiger partial charge in [-0.1, -0.05) is 135 Å². The summed E-state index contributed by atoms with van der Waals surface area (Å²) in [6.07, 6.45) is 26.9. The van der Waals surface area contributed by atoms with Crippen molar-refractivity contribution in [1.29, 1.82) is 5.41 Å². The number of dihydropyridines is 1. The Balaban J connectivity index is 0.000000823. The first-order chi connectivity index (χ1) is 23.7. The molecule has 3 aromatic carbocycles. The van der Waals surface area contributed by atoms with Gasteiger partial charge in [-0.25, -0.2) is 0 Å². The summed E-state index contributed by atoms with van der Waals surface area (Å²) in [6.45, 7) is 18.7. The maximum Gasteiger partial charge on any atom is 0.0698 e. The number of rotatable bonds is 12. The van der Waals surface area contributed by atoms with Crippen LogP contribution >= 0.6 is 0 Å². The first-order valence-corrected chi connectivity index (χ1v) is 16.2. The molecular formula is C45H48N4. The highest BCUT2D eigenvalue weighted by Gasteiger charge is 2.13. The fraction of sp³-hybridized carbons (Fsp3) is 0.0889. The second-order valence-electron chi connectivity index (χ2n) is 11.4. The van der Waals surface area contributed by atoms with Gasteiger partial charge in [0.15, 0.2) is 0 Å². The molecule has 4 nitrogen and oxygen atoms in total. The third-order valence-electron chi connectivity index (χ3n) is 7.76. The Morgan fingerprint density at radius 3 is 2.16 bits per heavy atom. The average Bonchev–Trinajstić information content (AvgIpc) is 3.13. The molecule has 0 saturated carbocycles. The van der Waals surface area contributed by atoms with E-state index in [0.717, 1.165) is 61.6 Å². The topological polar surface area (TPSA) is 87.9 Å². The van der Waals surface area contributed by atoms with Crippen LogP contribution in [0.3, 0.4) is 0 Å². The van der Waals surface area contributed by atoms with Crippen LogP contribution in [-0.4, -0.2) is 12.3 Å². The maximum atomic E-state index is 7.19. The summed E-state index contributed by atoms with van der Waals surface area (Å²) < 4.78 is 0. The molecule has 1 aliphatic rings. The van der Waals surface area contributed by atoms with Gasteiger partial charge in [-0.05, 0) is 107 Å². The van der Waals surface area contributed by atoms with Gasteiger partial charge in [-0.2, -0.15) is 0 Å². The Kier molecular flexibility index (Phi) is 14.9. The van der Waals surface area contributed by atoms with Crippen LogP contribution in [0, 0.1) is 12.3 Å². The fourth-order valence-corrected chi connectivity index (χ4v) is 4.76. The number of nitrogens with two attached hydrogens (primary N) is 2. The summed E-state index contributed by atoms with van der Waals surface area (Å²) in [5.74, 6) is 0. The molecule has 6 N–H and O–H groups in total. The minimum Gasteiger partial charge on any atom is -0.399 e. The lowest BCUT2D eigenvalue weighted by atomic mass is 9.97. The van der Waals surface area contributed by atoms with E-state index in [0.29, 0.717) is 0 Å². The summed E-state index contributed by atoms with van der Waals surface area (Å²) in [5.41, 5.74) is 23.2.